The van der Waals surface area contributed by atoms with Crippen molar-refractivity contribution in [2.24, 2.45) is 0 Å². The molecule has 3 aromatic rings. The number of carboxylic acid groups (broad SMARTS) is 1. The predicted molar refractivity (Wildman–Crippen MR) is 261 cm³/mol. The van der Waals surface area contributed by atoms with Crippen LogP contribution in [0.4, 0.5) is 0 Å². The van der Waals surface area contributed by atoms with Crippen LogP contribution >= 0.6 is 0 Å². The van der Waals surface area contributed by atoms with Crippen LogP contribution in [-0.2, 0) is 53.1 Å². The van der Waals surface area contributed by atoms with E-state index in [0.29, 0.717) is 92.3 Å². The summed E-state index contributed by atoms with van der Waals surface area (Å²) in [5.74, 6) is -0.857. The molecule has 0 aliphatic rings. The van der Waals surface area contributed by atoms with Gasteiger partial charge in [-0.15, -0.1) is 0 Å². The molecule has 11 heteroatoms. The molecule has 0 amide bonds. The van der Waals surface area contributed by atoms with Crippen LogP contribution in [0, 0.1) is 0 Å². The molecule has 0 radical (unpaired) electrons. The summed E-state index contributed by atoms with van der Waals surface area (Å²) in [6.07, 6.45) is 20.0. The van der Waals surface area contributed by atoms with Crippen LogP contribution in [0.2, 0.25) is 0 Å². The van der Waals surface area contributed by atoms with Crippen molar-refractivity contribution in [2.75, 3.05) is 85.9 Å². The van der Waals surface area contributed by atoms with Gasteiger partial charge in [0.2, 0.25) is 0 Å². The summed E-state index contributed by atoms with van der Waals surface area (Å²) < 4.78 is 47.6. The molecule has 1 atom stereocenters. The molecule has 0 spiro atoms. The van der Waals surface area contributed by atoms with Crippen LogP contribution < -0.4 is 0 Å². The number of rotatable bonds is 44. The van der Waals surface area contributed by atoms with Gasteiger partial charge in [0.25, 0.3) is 0 Å². The minimum Gasteiger partial charge on any atom is -0.481 e. The van der Waals surface area contributed by atoms with Crippen molar-refractivity contribution < 1.29 is 52.6 Å². The summed E-state index contributed by atoms with van der Waals surface area (Å²) in [4.78, 5) is 22.8. The first-order valence-electron chi connectivity index (χ1n) is 24.9. The molecule has 3 rings (SSSR count). The van der Waals surface area contributed by atoms with Crippen molar-refractivity contribution in [2.45, 2.75) is 128 Å². The third-order valence-electron chi connectivity index (χ3n) is 11.1. The zero-order chi connectivity index (χ0) is 46.9. The Morgan fingerprint density at radius 3 is 1.50 bits per heavy atom. The molecular formula is C55H82O11. The molecule has 11 nitrogen and oxygen atoms in total. The molecule has 1 unspecified atom stereocenters. The summed E-state index contributed by atoms with van der Waals surface area (Å²) in [6.45, 7) is 8.22. The zero-order valence-electron chi connectivity index (χ0n) is 40.1. The third kappa shape index (κ3) is 26.4. The second-order valence-electron chi connectivity index (χ2n) is 16.5. The molecule has 0 bridgehead atoms. The van der Waals surface area contributed by atoms with Crippen LogP contribution in [0.15, 0.2) is 103 Å². The minimum absolute atomic E-state index is 0.123. The summed E-state index contributed by atoms with van der Waals surface area (Å²) in [7, 11) is 0. The van der Waals surface area contributed by atoms with Crippen LogP contribution in [0.3, 0.4) is 0 Å². The first-order valence-corrected chi connectivity index (χ1v) is 24.9. The van der Waals surface area contributed by atoms with Gasteiger partial charge in [0.1, 0.15) is 18.3 Å². The van der Waals surface area contributed by atoms with Gasteiger partial charge in [0.15, 0.2) is 0 Å². The second kappa shape index (κ2) is 39.1. The summed E-state index contributed by atoms with van der Waals surface area (Å²) in [5, 5.41) is 8.82. The largest absolute Gasteiger partial charge is 0.481 e. The van der Waals surface area contributed by atoms with Crippen molar-refractivity contribution in [3.63, 3.8) is 0 Å². The van der Waals surface area contributed by atoms with Crippen molar-refractivity contribution >= 4 is 11.9 Å². The van der Waals surface area contributed by atoms with E-state index >= 15 is 0 Å². The molecule has 0 aliphatic heterocycles. The Labute approximate surface area is 396 Å². The monoisotopic (exact) mass is 919 g/mol. The maximum absolute atomic E-state index is 12.0. The fraction of sp³-hybridized carbons (Fsp3) is 0.600. The van der Waals surface area contributed by atoms with E-state index in [0.717, 1.165) is 87.3 Å². The van der Waals surface area contributed by atoms with Crippen LogP contribution in [-0.4, -0.2) is 109 Å². The normalized spacial score (nSPS) is 12.2. The number of carboxylic acids is 1. The first kappa shape index (κ1) is 56.4. The lowest BCUT2D eigenvalue weighted by molar-refractivity contribution is -0.142. The number of carbonyl (C=O) groups is 2. The van der Waals surface area contributed by atoms with Crippen molar-refractivity contribution in [3.8, 4) is 0 Å². The molecule has 0 saturated carbocycles. The Morgan fingerprint density at radius 2 is 0.955 bits per heavy atom. The molecule has 0 heterocycles. The topological polar surface area (TPSA) is 128 Å². The average molecular weight is 919 g/mol. The molecule has 66 heavy (non-hydrogen) atoms. The number of allylic oxidation sites excluding steroid dienone is 1. The van der Waals surface area contributed by atoms with E-state index in [4.69, 9.17) is 43.0 Å². The quantitative estimate of drug-likeness (QED) is 0.0252. The number of aliphatic carboxylic acids is 1. The highest BCUT2D eigenvalue weighted by Gasteiger charge is 2.37. The molecule has 368 valence electrons. The fourth-order valence-electron chi connectivity index (χ4n) is 7.51. The van der Waals surface area contributed by atoms with E-state index in [9.17, 15) is 9.59 Å². The lowest BCUT2D eigenvalue weighted by atomic mass is 9.80. The van der Waals surface area contributed by atoms with E-state index in [-0.39, 0.29) is 18.5 Å². The van der Waals surface area contributed by atoms with Gasteiger partial charge in [-0.05, 0) is 55.2 Å². The lowest BCUT2D eigenvalue weighted by Gasteiger charge is -2.36. The van der Waals surface area contributed by atoms with Gasteiger partial charge < -0.3 is 43.0 Å². The van der Waals surface area contributed by atoms with Gasteiger partial charge in [0, 0.05) is 26.1 Å². The second-order valence-corrected chi connectivity index (χ2v) is 16.5. The minimum atomic E-state index is -0.772. The van der Waals surface area contributed by atoms with E-state index in [2.05, 4.69) is 49.4 Å². The van der Waals surface area contributed by atoms with Crippen molar-refractivity contribution in [3.05, 3.63) is 120 Å². The molecule has 0 fully saturated rings. The molecular weight excluding hydrogens is 837 g/mol. The highest BCUT2D eigenvalue weighted by Crippen LogP contribution is 2.40. The lowest BCUT2D eigenvalue weighted by Crippen LogP contribution is -2.34. The Balaban J connectivity index is 1.24. The average Bonchev–Trinajstić information content (AvgIpc) is 3.34. The van der Waals surface area contributed by atoms with Crippen molar-refractivity contribution in [1.29, 1.82) is 0 Å². The summed E-state index contributed by atoms with van der Waals surface area (Å²) >= 11 is 0. The number of carbonyl (C=O) groups excluding carboxylic acids is 1. The van der Waals surface area contributed by atoms with Gasteiger partial charge in [0.05, 0.1) is 66.1 Å². The van der Waals surface area contributed by atoms with E-state index in [1.807, 2.05) is 60.7 Å². The zero-order valence-corrected chi connectivity index (χ0v) is 40.1. The smallest absolute Gasteiger partial charge is 0.306 e. The van der Waals surface area contributed by atoms with Crippen LogP contribution in [0.5, 0.6) is 0 Å². The van der Waals surface area contributed by atoms with Crippen molar-refractivity contribution in [1.82, 2.24) is 0 Å². The number of ether oxygens (including phenoxy) is 8. The van der Waals surface area contributed by atoms with E-state index < -0.39 is 11.6 Å². The van der Waals surface area contributed by atoms with Gasteiger partial charge in [-0.2, -0.15) is 0 Å². The van der Waals surface area contributed by atoms with E-state index in [1.165, 1.54) is 25.7 Å². The predicted octanol–water partition coefficient (Wildman–Crippen LogP) is 11.3. The Hall–Kier alpha value is -3.94. The number of unbranched alkanes of at least 4 members (excludes halogenated alkanes) is 12. The van der Waals surface area contributed by atoms with Crippen LogP contribution in [0.1, 0.15) is 133 Å². The van der Waals surface area contributed by atoms with Gasteiger partial charge in [-0.25, -0.2) is 0 Å². The highest BCUT2D eigenvalue weighted by molar-refractivity contribution is 5.69. The summed E-state index contributed by atoms with van der Waals surface area (Å²) in [5.41, 5.74) is 2.40. The molecule has 1 N–H and O–H groups in total. The first-order chi connectivity index (χ1) is 32.6. The Kier molecular flexibility index (Phi) is 33.4. The Morgan fingerprint density at radius 1 is 0.500 bits per heavy atom. The van der Waals surface area contributed by atoms with Gasteiger partial charge >= 0.3 is 11.9 Å². The number of hydrogen-bond acceptors (Lipinski definition) is 10. The van der Waals surface area contributed by atoms with Crippen LogP contribution in [0.25, 0.3) is 0 Å². The van der Waals surface area contributed by atoms with Gasteiger partial charge in [-0.1, -0.05) is 168 Å². The Bertz CT molecular complexity index is 1510. The highest BCUT2D eigenvalue weighted by atomic mass is 16.6. The molecule has 0 aromatic heterocycles. The summed E-state index contributed by atoms with van der Waals surface area (Å²) in [6, 6.07) is 31.0. The molecule has 0 aliphatic carbocycles. The SMILES string of the molecule is CCCCCC/C=C\COC(=O)CCCCCCCOC(COCCCCCCCC(=O)O)COCCOCCOCCOCCOC(c1ccccc1)(c1ccccc1)c1ccccc1. The maximum Gasteiger partial charge on any atom is 0.306 e. The fourth-order valence-corrected chi connectivity index (χ4v) is 7.51. The maximum atomic E-state index is 12.0. The standard InChI is InChI=1S/C55H82O11/c1-2-3-4-5-6-12-27-38-65-54(58)35-24-10-8-13-26-37-64-52(47-62-36-25-11-7-9-23-34-53(56)57)48-63-44-43-60-40-39-59-41-42-61-45-46-66-55(49-28-17-14-18-29-49,50-30-19-15-20-31-50)51-32-21-16-22-33-51/h12,14-22,27-33,52H,2-11,13,23-26,34-48H2,1H3,(H,56,57)/b27-12-. The van der Waals surface area contributed by atoms with Gasteiger partial charge in [-0.3, -0.25) is 9.59 Å². The molecule has 0 saturated heterocycles. The third-order valence-corrected chi connectivity index (χ3v) is 11.1. The number of hydrogen-bond donors (Lipinski definition) is 1. The number of benzene rings is 3. The number of esters is 1. The molecule has 3 aromatic carbocycles. The van der Waals surface area contributed by atoms with E-state index in [1.54, 1.807) is 0 Å².